The van der Waals surface area contributed by atoms with Crippen molar-refractivity contribution in [1.82, 2.24) is 4.90 Å². The average Bonchev–Trinajstić information content (AvgIpc) is 3.11. The number of nitrogens with zero attached hydrogens (tertiary/aromatic N) is 2. The molecule has 1 aliphatic heterocycles. The van der Waals surface area contributed by atoms with Gasteiger partial charge in [0.15, 0.2) is 6.61 Å². The van der Waals surface area contributed by atoms with Gasteiger partial charge in [0.25, 0.3) is 0 Å². The summed E-state index contributed by atoms with van der Waals surface area (Å²) in [5.41, 5.74) is 4.45. The molecule has 1 aliphatic rings. The van der Waals surface area contributed by atoms with Gasteiger partial charge in [-0.2, -0.15) is 0 Å². The highest BCUT2D eigenvalue weighted by molar-refractivity contribution is 6.31. The van der Waals surface area contributed by atoms with E-state index in [1.165, 1.54) is 0 Å². The molecule has 3 aromatic rings. The molecule has 0 saturated heterocycles. The summed E-state index contributed by atoms with van der Waals surface area (Å²) in [5.74, 6) is -1.57. The van der Waals surface area contributed by atoms with Crippen LogP contribution < -0.4 is 10.1 Å². The molecule has 1 heterocycles. The van der Waals surface area contributed by atoms with E-state index in [4.69, 9.17) is 26.4 Å². The number of carbonyl (C=O) groups excluding carboxylic acids is 1. The van der Waals surface area contributed by atoms with Crippen molar-refractivity contribution in [3.05, 3.63) is 88.4 Å². The Morgan fingerprint density at radius 3 is 2.59 bits per heavy atom. The number of hydrogen-bond acceptors (Lipinski definition) is 5. The fraction of sp³-hybridized carbons (Fsp3) is 0.192. The Hall–Kier alpha value is -3.68. The summed E-state index contributed by atoms with van der Waals surface area (Å²) in [6.45, 7) is 0.341. The van der Waals surface area contributed by atoms with E-state index < -0.39 is 18.5 Å². The normalized spacial score (nSPS) is 15.2. The molecule has 0 saturated carbocycles. The number of amides is 1. The molecule has 174 valence electrons. The van der Waals surface area contributed by atoms with Crippen LogP contribution in [-0.2, 0) is 16.1 Å². The van der Waals surface area contributed by atoms with E-state index >= 15 is 0 Å². The Morgan fingerprint density at radius 1 is 1.12 bits per heavy atom. The first-order valence-corrected chi connectivity index (χ1v) is 11.1. The predicted octanol–water partition coefficient (Wildman–Crippen LogP) is 4.72. The lowest BCUT2D eigenvalue weighted by molar-refractivity contribution is -0.139. The highest BCUT2D eigenvalue weighted by Crippen LogP contribution is 2.38. The minimum atomic E-state index is -1.07. The molecule has 0 radical (unpaired) electrons. The lowest BCUT2D eigenvalue weighted by Gasteiger charge is -2.15. The van der Waals surface area contributed by atoms with Gasteiger partial charge in [-0.05, 0) is 61.6 Å². The number of anilines is 1. The van der Waals surface area contributed by atoms with Crippen LogP contribution in [0.15, 0.2) is 71.7 Å². The average molecular weight is 478 g/mol. The number of ether oxygens (including phenoxy) is 1. The maximum atomic E-state index is 13.1. The Morgan fingerprint density at radius 2 is 1.88 bits per heavy atom. The van der Waals surface area contributed by atoms with Crippen molar-refractivity contribution >= 4 is 40.6 Å². The second-order valence-electron chi connectivity index (χ2n) is 8.27. The fourth-order valence-electron chi connectivity index (χ4n) is 3.87. The van der Waals surface area contributed by atoms with Gasteiger partial charge in [-0.15, -0.1) is 0 Å². The summed E-state index contributed by atoms with van der Waals surface area (Å²) < 4.78 is 5.36. The molecule has 8 heteroatoms. The summed E-state index contributed by atoms with van der Waals surface area (Å²) in [5, 5.41) is 12.4. The van der Waals surface area contributed by atoms with Gasteiger partial charge < -0.3 is 20.1 Å². The third kappa shape index (κ3) is 5.44. The van der Waals surface area contributed by atoms with Gasteiger partial charge in [0.1, 0.15) is 11.7 Å². The molecule has 0 spiro atoms. The molecule has 2 N–H and O–H groups in total. The second-order valence-corrected chi connectivity index (χ2v) is 8.70. The number of nitrogens with one attached hydrogen (secondary N) is 1. The van der Waals surface area contributed by atoms with E-state index in [0.717, 1.165) is 17.7 Å². The van der Waals surface area contributed by atoms with Gasteiger partial charge in [-0.1, -0.05) is 41.9 Å². The van der Waals surface area contributed by atoms with Crippen LogP contribution in [-0.4, -0.2) is 48.3 Å². The molecule has 0 aliphatic carbocycles. The van der Waals surface area contributed by atoms with E-state index in [-0.39, 0.29) is 5.91 Å². The third-order valence-electron chi connectivity index (χ3n) is 5.30. The Bertz CT molecular complexity index is 1260. The molecule has 0 fully saturated rings. The molecule has 0 aromatic heterocycles. The molecule has 0 bridgehead atoms. The van der Waals surface area contributed by atoms with Crippen molar-refractivity contribution in [2.75, 3.05) is 26.0 Å². The molecule has 3 aromatic carbocycles. The molecule has 1 atom stereocenters. The number of benzene rings is 3. The van der Waals surface area contributed by atoms with Crippen molar-refractivity contribution in [3.8, 4) is 5.75 Å². The van der Waals surface area contributed by atoms with E-state index in [1.54, 1.807) is 30.3 Å². The predicted molar refractivity (Wildman–Crippen MR) is 132 cm³/mol. The number of halogens is 1. The van der Waals surface area contributed by atoms with Crippen molar-refractivity contribution in [1.29, 1.82) is 0 Å². The Kier molecular flexibility index (Phi) is 6.95. The summed E-state index contributed by atoms with van der Waals surface area (Å²) >= 11 is 6.13. The van der Waals surface area contributed by atoms with E-state index in [9.17, 15) is 9.59 Å². The van der Waals surface area contributed by atoms with Crippen LogP contribution in [0.4, 0.5) is 11.4 Å². The molecular formula is C26H24ClN3O4. The van der Waals surface area contributed by atoms with Crippen LogP contribution in [0.2, 0.25) is 5.02 Å². The lowest BCUT2D eigenvalue weighted by Crippen LogP contribution is -2.22. The van der Waals surface area contributed by atoms with Gasteiger partial charge in [0.05, 0.1) is 11.4 Å². The monoisotopic (exact) mass is 477 g/mol. The first-order chi connectivity index (χ1) is 16.3. The summed E-state index contributed by atoms with van der Waals surface area (Å²) in [7, 11) is 4.01. The second kappa shape index (κ2) is 10.1. The van der Waals surface area contributed by atoms with E-state index in [1.807, 2.05) is 50.5 Å². The number of rotatable bonds is 8. The molecule has 1 unspecified atom stereocenters. The highest BCUT2D eigenvalue weighted by atomic mass is 35.5. The van der Waals surface area contributed by atoms with Crippen molar-refractivity contribution < 1.29 is 19.4 Å². The number of carboxylic acid groups (broad SMARTS) is 1. The molecule has 7 nitrogen and oxygen atoms in total. The Balaban J connectivity index is 1.78. The standard InChI is InChI=1S/C26H24ClN3O4/c1-30(2)14-16-6-9-19(10-7-16)28-25(17-4-3-5-20(12-17)34-15-23(31)32)24-21-11-8-18(27)13-22(21)29-26(24)33/h3-13,24H,14-15H2,1-2H3,(H,29,33)(H,31,32). The molecular weight excluding hydrogens is 454 g/mol. The zero-order valence-electron chi connectivity index (χ0n) is 18.8. The fourth-order valence-corrected chi connectivity index (χ4v) is 4.04. The lowest BCUT2D eigenvalue weighted by atomic mass is 9.90. The molecule has 1 amide bonds. The summed E-state index contributed by atoms with van der Waals surface area (Å²) in [6.07, 6.45) is 0. The van der Waals surface area contributed by atoms with Crippen LogP contribution >= 0.6 is 11.6 Å². The number of aliphatic imine (C=N–C) groups is 1. The maximum Gasteiger partial charge on any atom is 0.341 e. The topological polar surface area (TPSA) is 91.2 Å². The summed E-state index contributed by atoms with van der Waals surface area (Å²) in [4.78, 5) is 31.0. The first-order valence-electron chi connectivity index (χ1n) is 10.7. The van der Waals surface area contributed by atoms with Crippen LogP contribution in [0.25, 0.3) is 0 Å². The van der Waals surface area contributed by atoms with Gasteiger partial charge in [0.2, 0.25) is 5.91 Å². The third-order valence-corrected chi connectivity index (χ3v) is 5.53. The van der Waals surface area contributed by atoms with Crippen LogP contribution in [0.1, 0.15) is 22.6 Å². The van der Waals surface area contributed by atoms with Gasteiger partial charge in [0, 0.05) is 22.8 Å². The van der Waals surface area contributed by atoms with E-state index in [0.29, 0.717) is 33.4 Å². The largest absolute Gasteiger partial charge is 0.482 e. The van der Waals surface area contributed by atoms with Crippen molar-refractivity contribution in [2.24, 2.45) is 4.99 Å². The zero-order chi connectivity index (χ0) is 24.2. The molecule has 4 rings (SSSR count). The number of carboxylic acids is 1. The number of carbonyl (C=O) groups is 2. The summed E-state index contributed by atoms with van der Waals surface area (Å²) in [6, 6.07) is 20.1. The van der Waals surface area contributed by atoms with Gasteiger partial charge >= 0.3 is 5.97 Å². The van der Waals surface area contributed by atoms with Crippen molar-refractivity contribution in [3.63, 3.8) is 0 Å². The number of fused-ring (bicyclic) bond motifs is 1. The van der Waals surface area contributed by atoms with Crippen LogP contribution in [0.5, 0.6) is 5.75 Å². The van der Waals surface area contributed by atoms with E-state index in [2.05, 4.69) is 10.2 Å². The van der Waals surface area contributed by atoms with Crippen LogP contribution in [0, 0.1) is 0 Å². The quantitative estimate of drug-likeness (QED) is 0.458. The minimum Gasteiger partial charge on any atom is -0.482 e. The minimum absolute atomic E-state index is 0.211. The smallest absolute Gasteiger partial charge is 0.341 e. The van der Waals surface area contributed by atoms with Crippen molar-refractivity contribution in [2.45, 2.75) is 12.5 Å². The first kappa shape index (κ1) is 23.5. The molecule has 34 heavy (non-hydrogen) atoms. The number of hydrogen-bond donors (Lipinski definition) is 2. The highest BCUT2D eigenvalue weighted by Gasteiger charge is 2.35. The van der Waals surface area contributed by atoms with Gasteiger partial charge in [-0.25, -0.2) is 4.79 Å². The zero-order valence-corrected chi connectivity index (χ0v) is 19.5. The Labute approximate surface area is 202 Å². The maximum absolute atomic E-state index is 13.1. The van der Waals surface area contributed by atoms with Gasteiger partial charge in [-0.3, -0.25) is 9.79 Å². The SMILES string of the molecule is CN(C)Cc1ccc(N=C(c2cccc(OCC(=O)O)c2)C2C(=O)Nc3cc(Cl)ccc32)cc1. The van der Waals surface area contributed by atoms with Crippen LogP contribution in [0.3, 0.4) is 0 Å². The number of aliphatic carboxylic acids is 1.